The van der Waals surface area contributed by atoms with Gasteiger partial charge in [0, 0.05) is 13.1 Å². The molecule has 9 heteroatoms. The van der Waals surface area contributed by atoms with Crippen LogP contribution in [-0.4, -0.2) is 57.6 Å². The highest BCUT2D eigenvalue weighted by atomic mass is 32.2. The van der Waals surface area contributed by atoms with Crippen molar-refractivity contribution >= 4 is 27.5 Å². The molecule has 8 nitrogen and oxygen atoms in total. The number of rotatable bonds is 13. The summed E-state index contributed by atoms with van der Waals surface area (Å²) in [5, 5.41) is 2.91. The van der Waals surface area contributed by atoms with Crippen LogP contribution in [0.5, 0.6) is 5.75 Å². The average molecular weight is 504 g/mol. The van der Waals surface area contributed by atoms with Gasteiger partial charge in [-0.25, -0.2) is 8.42 Å². The molecule has 35 heavy (non-hydrogen) atoms. The number of nitrogens with zero attached hydrogens (tertiary/aromatic N) is 2. The van der Waals surface area contributed by atoms with Crippen molar-refractivity contribution in [2.45, 2.75) is 52.6 Å². The maximum atomic E-state index is 13.7. The van der Waals surface area contributed by atoms with E-state index in [1.807, 2.05) is 45.0 Å². The number of ether oxygens (including phenoxy) is 1. The number of aryl methyl sites for hydroxylation is 1. The van der Waals surface area contributed by atoms with Gasteiger partial charge in [-0.15, -0.1) is 0 Å². The Balaban J connectivity index is 2.43. The molecule has 0 radical (unpaired) electrons. The lowest BCUT2D eigenvalue weighted by Crippen LogP contribution is -2.52. The smallest absolute Gasteiger partial charge is 0.244 e. The van der Waals surface area contributed by atoms with Gasteiger partial charge in [0.1, 0.15) is 18.3 Å². The molecule has 1 N–H and O–H groups in total. The Morgan fingerprint density at radius 3 is 2.29 bits per heavy atom. The van der Waals surface area contributed by atoms with E-state index in [-0.39, 0.29) is 18.1 Å². The van der Waals surface area contributed by atoms with Gasteiger partial charge in [-0.3, -0.25) is 13.9 Å². The monoisotopic (exact) mass is 503 g/mol. The molecule has 2 rings (SSSR count). The second-order valence-corrected chi connectivity index (χ2v) is 10.4. The summed E-state index contributed by atoms with van der Waals surface area (Å²) in [7, 11) is -2.38. The van der Waals surface area contributed by atoms with Crippen LogP contribution >= 0.6 is 0 Å². The summed E-state index contributed by atoms with van der Waals surface area (Å²) < 4.78 is 31.8. The van der Waals surface area contributed by atoms with E-state index in [1.165, 1.54) is 12.0 Å². The summed E-state index contributed by atoms with van der Waals surface area (Å²) in [4.78, 5) is 28.2. The Kier molecular flexibility index (Phi) is 10.6. The number of carbonyl (C=O) groups excluding carboxylic acids is 2. The summed E-state index contributed by atoms with van der Waals surface area (Å²) >= 11 is 0. The third kappa shape index (κ3) is 7.99. The number of sulfonamides is 1. The minimum absolute atomic E-state index is 0.183. The summed E-state index contributed by atoms with van der Waals surface area (Å²) in [6.45, 7) is 6.10. The molecular weight excluding hydrogens is 466 g/mol. The van der Waals surface area contributed by atoms with E-state index in [4.69, 9.17) is 4.74 Å². The zero-order valence-corrected chi connectivity index (χ0v) is 22.1. The normalized spacial score (nSPS) is 12.0. The fourth-order valence-electron chi connectivity index (χ4n) is 3.75. The zero-order valence-electron chi connectivity index (χ0n) is 21.3. The molecule has 0 bridgehead atoms. The van der Waals surface area contributed by atoms with Gasteiger partial charge in [0.05, 0.1) is 19.1 Å². The number of para-hydroxylation sites is 2. The maximum absolute atomic E-state index is 13.7. The van der Waals surface area contributed by atoms with Crippen molar-refractivity contribution in [1.29, 1.82) is 0 Å². The van der Waals surface area contributed by atoms with Crippen LogP contribution in [0.2, 0.25) is 0 Å². The van der Waals surface area contributed by atoms with Gasteiger partial charge in [-0.05, 0) is 37.5 Å². The quantitative estimate of drug-likeness (QED) is 0.422. The first-order valence-electron chi connectivity index (χ1n) is 11.9. The molecule has 0 aliphatic heterocycles. The number of unbranched alkanes of at least 4 members (excludes halogenated alkanes) is 1. The van der Waals surface area contributed by atoms with Crippen LogP contribution in [0.25, 0.3) is 0 Å². The first-order valence-corrected chi connectivity index (χ1v) is 13.7. The molecule has 192 valence electrons. The first-order chi connectivity index (χ1) is 16.6. The highest BCUT2D eigenvalue weighted by Gasteiger charge is 2.32. The Morgan fingerprint density at radius 2 is 1.71 bits per heavy atom. The Bertz CT molecular complexity index is 1090. The minimum Gasteiger partial charge on any atom is -0.495 e. The van der Waals surface area contributed by atoms with Crippen LogP contribution in [-0.2, 0) is 26.2 Å². The van der Waals surface area contributed by atoms with E-state index in [0.717, 1.165) is 34.5 Å². The molecule has 0 saturated carbocycles. The first kappa shape index (κ1) is 28.2. The summed E-state index contributed by atoms with van der Waals surface area (Å²) in [5.74, 6) is -0.385. The summed E-state index contributed by atoms with van der Waals surface area (Å²) in [5.41, 5.74) is 2.20. The fourth-order valence-corrected chi connectivity index (χ4v) is 4.60. The molecule has 0 unspecified atom stereocenters. The van der Waals surface area contributed by atoms with Gasteiger partial charge >= 0.3 is 0 Å². The molecule has 1 atom stereocenters. The molecule has 0 aromatic heterocycles. The molecule has 2 amide bonds. The predicted octanol–water partition coefficient (Wildman–Crippen LogP) is 3.49. The number of hydrogen-bond acceptors (Lipinski definition) is 5. The van der Waals surface area contributed by atoms with Crippen LogP contribution in [0.1, 0.15) is 44.2 Å². The SMILES string of the molecule is CCCCNC(=O)[C@H](CC)N(Cc1ccc(C)cc1)C(=O)CN(c1ccccc1OC)S(C)(=O)=O. The van der Waals surface area contributed by atoms with Crippen molar-refractivity contribution in [2.75, 3.05) is 30.8 Å². The highest BCUT2D eigenvalue weighted by molar-refractivity contribution is 7.92. The van der Waals surface area contributed by atoms with Crippen LogP contribution < -0.4 is 14.4 Å². The van der Waals surface area contributed by atoms with E-state index >= 15 is 0 Å². The Hall–Kier alpha value is -3.07. The Labute approximate surface area is 209 Å². The number of methoxy groups -OCH3 is 1. The molecule has 2 aromatic rings. The minimum atomic E-state index is -3.82. The van der Waals surface area contributed by atoms with Gasteiger partial charge in [0.15, 0.2) is 0 Å². The lowest BCUT2D eigenvalue weighted by Gasteiger charge is -2.33. The lowest BCUT2D eigenvalue weighted by molar-refractivity contribution is -0.140. The van der Waals surface area contributed by atoms with Crippen LogP contribution in [0, 0.1) is 6.92 Å². The van der Waals surface area contributed by atoms with E-state index < -0.39 is 28.5 Å². The van der Waals surface area contributed by atoms with Crippen molar-refractivity contribution in [3.05, 3.63) is 59.7 Å². The van der Waals surface area contributed by atoms with Crippen molar-refractivity contribution in [3.63, 3.8) is 0 Å². The number of amides is 2. The molecule has 0 saturated heterocycles. The van der Waals surface area contributed by atoms with E-state index in [1.54, 1.807) is 24.3 Å². The Morgan fingerprint density at radius 1 is 1.06 bits per heavy atom. The predicted molar refractivity (Wildman–Crippen MR) is 139 cm³/mol. The summed E-state index contributed by atoms with van der Waals surface area (Å²) in [6, 6.07) is 13.6. The van der Waals surface area contributed by atoms with Gasteiger partial charge < -0.3 is 15.0 Å². The topological polar surface area (TPSA) is 96.0 Å². The maximum Gasteiger partial charge on any atom is 0.244 e. The number of anilines is 1. The third-order valence-electron chi connectivity index (χ3n) is 5.72. The third-order valence-corrected chi connectivity index (χ3v) is 6.85. The largest absolute Gasteiger partial charge is 0.495 e. The number of hydrogen-bond donors (Lipinski definition) is 1. The number of benzene rings is 2. The molecule has 0 heterocycles. The van der Waals surface area contributed by atoms with E-state index in [2.05, 4.69) is 5.32 Å². The van der Waals surface area contributed by atoms with Gasteiger partial charge in [0.2, 0.25) is 21.8 Å². The van der Waals surface area contributed by atoms with Crippen molar-refractivity contribution in [1.82, 2.24) is 10.2 Å². The second-order valence-electron chi connectivity index (χ2n) is 8.52. The molecule has 0 aliphatic carbocycles. The highest BCUT2D eigenvalue weighted by Crippen LogP contribution is 2.29. The molecule has 0 fully saturated rings. The zero-order chi connectivity index (χ0) is 26.0. The molecular formula is C26H37N3O5S. The molecule has 2 aromatic carbocycles. The standard InChI is InChI=1S/C26H37N3O5S/c1-6-8-17-27-26(31)22(7-2)28(18-21-15-13-20(3)14-16-21)25(30)19-29(35(5,32)33)23-11-9-10-12-24(23)34-4/h9-16,22H,6-8,17-19H2,1-5H3,(H,27,31)/t22-/m0/s1. The fraction of sp³-hybridized carbons (Fsp3) is 0.462. The number of carbonyl (C=O) groups is 2. The van der Waals surface area contributed by atoms with E-state index in [0.29, 0.717) is 18.7 Å². The molecule has 0 spiro atoms. The van der Waals surface area contributed by atoms with Crippen LogP contribution in [0.4, 0.5) is 5.69 Å². The van der Waals surface area contributed by atoms with Crippen LogP contribution in [0.15, 0.2) is 48.5 Å². The summed E-state index contributed by atoms with van der Waals surface area (Å²) in [6.07, 6.45) is 3.21. The van der Waals surface area contributed by atoms with Crippen LogP contribution in [0.3, 0.4) is 0 Å². The number of nitrogens with one attached hydrogen (secondary N) is 1. The van der Waals surface area contributed by atoms with Crippen molar-refractivity contribution in [3.8, 4) is 5.75 Å². The van der Waals surface area contributed by atoms with Crippen molar-refractivity contribution in [2.24, 2.45) is 0 Å². The molecule has 0 aliphatic rings. The van der Waals surface area contributed by atoms with Gasteiger partial charge in [-0.2, -0.15) is 0 Å². The van der Waals surface area contributed by atoms with E-state index in [9.17, 15) is 18.0 Å². The lowest BCUT2D eigenvalue weighted by atomic mass is 10.1. The second kappa shape index (κ2) is 13.1. The van der Waals surface area contributed by atoms with Gasteiger partial charge in [-0.1, -0.05) is 62.2 Å². The van der Waals surface area contributed by atoms with Crippen molar-refractivity contribution < 1.29 is 22.7 Å². The average Bonchev–Trinajstić information content (AvgIpc) is 2.83. The van der Waals surface area contributed by atoms with Gasteiger partial charge in [0.25, 0.3) is 0 Å².